The van der Waals surface area contributed by atoms with Crippen molar-refractivity contribution in [2.45, 2.75) is 4.90 Å². The average molecular weight is 543 g/mol. The molecular weight excluding hydrogens is 516 g/mol. The Balaban J connectivity index is 1.27. The quantitative estimate of drug-likeness (QED) is 0.493. The lowest BCUT2D eigenvalue weighted by Crippen LogP contribution is -2.50. The molecule has 0 aliphatic carbocycles. The van der Waals surface area contributed by atoms with E-state index in [9.17, 15) is 9.90 Å². The lowest BCUT2D eigenvalue weighted by molar-refractivity contribution is -0.127. The molecule has 2 fully saturated rings. The van der Waals surface area contributed by atoms with E-state index in [1.807, 2.05) is 40.1 Å². The van der Waals surface area contributed by atoms with E-state index in [-0.39, 0.29) is 5.91 Å². The average Bonchev–Trinajstić information content (AvgIpc) is 3.40. The standard InChI is InChI=1S/C27H26N8O3S/c36-17-19-18-16-22(32-12-14-38-15-13-32)30-31-24(18)35-20-4-1-2-5-21(20)39-26(35)23(19)25(37)33-8-10-34(11-9-33)27-28-6-3-7-29-27/h1-7,16-17,36H,8-15H2/b19-17-. The molecule has 6 heterocycles. The lowest BCUT2D eigenvalue weighted by Gasteiger charge is -2.37. The van der Waals surface area contributed by atoms with Gasteiger partial charge < -0.3 is 24.5 Å². The highest BCUT2D eigenvalue weighted by atomic mass is 32.2. The van der Waals surface area contributed by atoms with Crippen molar-refractivity contribution in [3.05, 3.63) is 71.2 Å². The van der Waals surface area contributed by atoms with Gasteiger partial charge in [0.25, 0.3) is 5.91 Å². The lowest BCUT2D eigenvalue weighted by atomic mass is 9.95. The van der Waals surface area contributed by atoms with E-state index in [1.165, 1.54) is 11.8 Å². The fourth-order valence-electron chi connectivity index (χ4n) is 5.36. The summed E-state index contributed by atoms with van der Waals surface area (Å²) in [7, 11) is 0. The van der Waals surface area contributed by atoms with Crippen LogP contribution in [0.15, 0.2) is 70.6 Å². The van der Waals surface area contributed by atoms with Crippen molar-refractivity contribution in [1.29, 1.82) is 0 Å². The maximum Gasteiger partial charge on any atom is 0.257 e. The summed E-state index contributed by atoms with van der Waals surface area (Å²) in [5.41, 5.74) is 2.55. The van der Waals surface area contributed by atoms with Gasteiger partial charge in [-0.3, -0.25) is 9.69 Å². The number of rotatable bonds is 3. The second-order valence-corrected chi connectivity index (χ2v) is 10.5. The molecule has 1 amide bonds. The van der Waals surface area contributed by atoms with Crippen LogP contribution in [0.5, 0.6) is 0 Å². The number of carbonyl (C=O) groups is 1. The summed E-state index contributed by atoms with van der Waals surface area (Å²) in [6.45, 7) is 4.92. The maximum absolute atomic E-state index is 14.2. The molecule has 12 heteroatoms. The molecule has 0 spiro atoms. The zero-order valence-electron chi connectivity index (χ0n) is 21.1. The van der Waals surface area contributed by atoms with Crippen LogP contribution in [0.3, 0.4) is 0 Å². The van der Waals surface area contributed by atoms with Gasteiger partial charge in [-0.15, -0.1) is 10.2 Å². The Labute approximate surface area is 229 Å². The zero-order valence-corrected chi connectivity index (χ0v) is 21.9. The number of hydrogen-bond donors (Lipinski definition) is 1. The summed E-state index contributed by atoms with van der Waals surface area (Å²) in [6, 6.07) is 11.7. The highest BCUT2D eigenvalue weighted by molar-refractivity contribution is 8.03. The van der Waals surface area contributed by atoms with Crippen LogP contribution < -0.4 is 14.7 Å². The second-order valence-electron chi connectivity index (χ2n) is 9.50. The van der Waals surface area contributed by atoms with Crippen molar-refractivity contribution < 1.29 is 14.6 Å². The molecule has 198 valence electrons. The third-order valence-corrected chi connectivity index (χ3v) is 8.49. The van der Waals surface area contributed by atoms with Crippen LogP contribution in [0.25, 0.3) is 5.57 Å². The van der Waals surface area contributed by atoms with Crippen LogP contribution >= 0.6 is 11.8 Å². The van der Waals surface area contributed by atoms with Gasteiger partial charge in [-0.05, 0) is 24.3 Å². The smallest absolute Gasteiger partial charge is 0.257 e. The Bertz CT molecular complexity index is 1480. The van der Waals surface area contributed by atoms with Gasteiger partial charge in [0.15, 0.2) is 11.6 Å². The Morgan fingerprint density at radius 2 is 1.72 bits per heavy atom. The summed E-state index contributed by atoms with van der Waals surface area (Å²) >= 11 is 1.51. The molecule has 1 N–H and O–H groups in total. The number of nitrogens with zero attached hydrogens (tertiary/aromatic N) is 8. The van der Waals surface area contributed by atoms with Gasteiger partial charge in [0.2, 0.25) is 5.95 Å². The minimum atomic E-state index is -0.125. The first-order chi connectivity index (χ1) is 19.2. The number of fused-ring (bicyclic) bond motifs is 5. The number of morpholine rings is 1. The number of hydrogen-bond acceptors (Lipinski definition) is 11. The van der Waals surface area contributed by atoms with Crippen LogP contribution in [-0.4, -0.2) is 88.6 Å². The first-order valence-electron chi connectivity index (χ1n) is 12.9. The minimum absolute atomic E-state index is 0.125. The molecule has 0 unspecified atom stereocenters. The van der Waals surface area contributed by atoms with Gasteiger partial charge >= 0.3 is 0 Å². The van der Waals surface area contributed by atoms with Crippen LogP contribution in [0.4, 0.5) is 23.3 Å². The molecule has 0 atom stereocenters. The molecule has 39 heavy (non-hydrogen) atoms. The van der Waals surface area contributed by atoms with Crippen molar-refractivity contribution in [3.8, 4) is 0 Å². The van der Waals surface area contributed by atoms with E-state index in [0.717, 1.165) is 21.9 Å². The number of piperazine rings is 1. The van der Waals surface area contributed by atoms with Crippen molar-refractivity contribution >= 4 is 46.5 Å². The number of ether oxygens (including phenoxy) is 1. The normalized spacial score (nSPS) is 19.7. The first kappa shape index (κ1) is 23.9. The number of carbonyl (C=O) groups excluding carboxylic acids is 1. The van der Waals surface area contributed by atoms with Gasteiger partial charge in [-0.1, -0.05) is 23.9 Å². The molecule has 0 radical (unpaired) electrons. The van der Waals surface area contributed by atoms with Gasteiger partial charge in [-0.2, -0.15) is 0 Å². The molecule has 2 saturated heterocycles. The predicted octanol–water partition coefficient (Wildman–Crippen LogP) is 2.82. The number of anilines is 4. The number of aliphatic hydroxyl groups excluding tert-OH is 1. The number of para-hydroxylation sites is 1. The number of aliphatic hydroxyl groups is 1. The summed E-state index contributed by atoms with van der Waals surface area (Å²) < 4.78 is 5.50. The van der Waals surface area contributed by atoms with E-state index in [1.54, 1.807) is 18.5 Å². The number of benzene rings is 1. The fraction of sp³-hybridized carbons (Fsp3) is 0.296. The second kappa shape index (κ2) is 9.86. The molecule has 4 aliphatic heterocycles. The fourth-order valence-corrected chi connectivity index (χ4v) is 6.55. The SMILES string of the molecule is O=C(C1=C2Sc3ccccc3N2c2nnc(N3CCOCC3)cc2/C1=C/O)N1CCN(c2ncccn2)CC1. The number of aromatic nitrogens is 4. The van der Waals surface area contributed by atoms with Gasteiger partial charge in [-0.25, -0.2) is 9.97 Å². The summed E-state index contributed by atoms with van der Waals surface area (Å²) in [5.74, 6) is 1.83. The zero-order chi connectivity index (χ0) is 26.3. The molecule has 4 aliphatic rings. The molecular formula is C27H26N8O3S. The molecule has 7 rings (SSSR count). The van der Waals surface area contributed by atoms with E-state index in [0.29, 0.717) is 86.8 Å². The molecule has 0 saturated carbocycles. The van der Waals surface area contributed by atoms with E-state index in [2.05, 4.69) is 30.0 Å². The van der Waals surface area contributed by atoms with E-state index in [4.69, 9.17) is 4.74 Å². The summed E-state index contributed by atoms with van der Waals surface area (Å²) in [6.07, 6.45) is 4.49. The van der Waals surface area contributed by atoms with E-state index < -0.39 is 0 Å². The summed E-state index contributed by atoms with van der Waals surface area (Å²) in [5, 5.41) is 20.5. The monoisotopic (exact) mass is 542 g/mol. The number of amides is 1. The van der Waals surface area contributed by atoms with Crippen LogP contribution in [0.2, 0.25) is 0 Å². The van der Waals surface area contributed by atoms with E-state index >= 15 is 0 Å². The molecule has 0 bridgehead atoms. The Hall–Kier alpha value is -4.16. The van der Waals surface area contributed by atoms with Crippen LogP contribution in [0.1, 0.15) is 5.56 Å². The van der Waals surface area contributed by atoms with Gasteiger partial charge in [0.1, 0.15) is 0 Å². The third-order valence-electron chi connectivity index (χ3n) is 7.34. The molecule has 11 nitrogen and oxygen atoms in total. The van der Waals surface area contributed by atoms with Gasteiger partial charge in [0.05, 0.1) is 35.8 Å². The highest BCUT2D eigenvalue weighted by Crippen LogP contribution is 2.56. The largest absolute Gasteiger partial charge is 0.515 e. The molecule has 3 aromatic rings. The Morgan fingerprint density at radius 3 is 2.49 bits per heavy atom. The van der Waals surface area contributed by atoms with Gasteiger partial charge in [0, 0.05) is 67.7 Å². The highest BCUT2D eigenvalue weighted by Gasteiger charge is 2.42. The summed E-state index contributed by atoms with van der Waals surface area (Å²) in [4.78, 5) is 32.0. The first-order valence-corrected chi connectivity index (χ1v) is 13.7. The number of thioether (sulfide) groups is 1. The molecule has 1 aromatic carbocycles. The third kappa shape index (κ3) is 4.07. The van der Waals surface area contributed by atoms with Crippen molar-refractivity contribution in [1.82, 2.24) is 25.1 Å². The Morgan fingerprint density at radius 1 is 0.949 bits per heavy atom. The van der Waals surface area contributed by atoms with Crippen LogP contribution in [0, 0.1) is 0 Å². The Kier molecular flexibility index (Phi) is 6.05. The van der Waals surface area contributed by atoms with Crippen molar-refractivity contribution in [3.63, 3.8) is 0 Å². The van der Waals surface area contributed by atoms with Crippen LogP contribution in [-0.2, 0) is 9.53 Å². The topological polar surface area (TPSA) is 111 Å². The molecule has 2 aromatic heterocycles. The van der Waals surface area contributed by atoms with Crippen molar-refractivity contribution in [2.24, 2.45) is 0 Å². The predicted molar refractivity (Wildman–Crippen MR) is 148 cm³/mol. The maximum atomic E-state index is 14.2. The minimum Gasteiger partial charge on any atom is -0.515 e. The van der Waals surface area contributed by atoms with Crippen molar-refractivity contribution in [2.75, 3.05) is 67.2 Å².